The van der Waals surface area contributed by atoms with Crippen molar-refractivity contribution in [2.24, 2.45) is 11.5 Å². The summed E-state index contributed by atoms with van der Waals surface area (Å²) >= 11 is 0. The van der Waals surface area contributed by atoms with Crippen LogP contribution in [-0.2, 0) is 40.4 Å². The van der Waals surface area contributed by atoms with Crippen LogP contribution in [0, 0.1) is 13.8 Å². The Bertz CT molecular complexity index is 3030. The maximum atomic E-state index is 13.8. The predicted molar refractivity (Wildman–Crippen MR) is 259 cm³/mol. The smallest absolute Gasteiger partial charge is 0.276 e. The Balaban J connectivity index is 0.00000397. The number of primary amides is 1. The number of furan rings is 1. The standard InChI is InChI=1S/C47H51N11O10.CH5N/c1-7-35-31(21-28(4)68-35)44(64)51-46-49-32-22-29(26-59)23-37(67-19-11-15-54(5)38(60)14-18-55-39(61)12-13-40(55)62)42(32)57(46)17-10-9-16-56-41-33(24-30(43(48)63)25-36(41)66-6)50-47(56)52-45(65)34-20-27(3)53-58(34)8-2;1-2/h9-10,12-13,20-26H,7-8,11,14-19H2,1-6H3,(H2,48,63)(H,49,51,64)(H,50,52,65);2H2,1H3/b10-9+;. The predicted octanol–water partition coefficient (Wildman–Crippen LogP) is 4.17. The van der Waals surface area contributed by atoms with E-state index in [2.05, 4.69) is 26.4 Å². The van der Waals surface area contributed by atoms with Gasteiger partial charge in [0.05, 0.1) is 36.0 Å². The quantitative estimate of drug-likeness (QED) is 0.0341. The molecule has 0 saturated carbocycles. The monoisotopic (exact) mass is 960 g/mol. The molecule has 0 fully saturated rings. The number of fused-ring (bicyclic) bond motifs is 2. The van der Waals surface area contributed by atoms with Crippen molar-refractivity contribution in [3.05, 3.63) is 100 Å². The molecule has 6 aromatic rings. The van der Waals surface area contributed by atoms with Gasteiger partial charge in [-0.15, -0.1) is 0 Å². The van der Waals surface area contributed by atoms with E-state index in [4.69, 9.17) is 24.6 Å². The van der Waals surface area contributed by atoms with Crippen molar-refractivity contribution in [2.45, 2.75) is 66.6 Å². The number of aryl methyl sites for hydroxylation is 4. The van der Waals surface area contributed by atoms with Crippen LogP contribution < -0.4 is 31.6 Å². The van der Waals surface area contributed by atoms with Gasteiger partial charge in [0.15, 0.2) is 0 Å². The number of amides is 6. The largest absolute Gasteiger partial charge is 0.494 e. The average Bonchev–Trinajstić information content (AvgIpc) is 4.17. The molecule has 22 heteroatoms. The lowest BCUT2D eigenvalue weighted by Crippen LogP contribution is -2.36. The molecule has 4 aromatic heterocycles. The van der Waals surface area contributed by atoms with E-state index in [-0.39, 0.29) is 79.6 Å². The van der Waals surface area contributed by atoms with Gasteiger partial charge in [-0.05, 0) is 70.6 Å². The molecule has 0 radical (unpaired) electrons. The Morgan fingerprint density at radius 2 is 1.49 bits per heavy atom. The summed E-state index contributed by atoms with van der Waals surface area (Å²) in [5.41, 5.74) is 13.5. The first kappa shape index (κ1) is 51.0. The third kappa shape index (κ3) is 11.1. The summed E-state index contributed by atoms with van der Waals surface area (Å²) in [7, 11) is 4.56. The highest BCUT2D eigenvalue weighted by Gasteiger charge is 2.26. The van der Waals surface area contributed by atoms with Crippen LogP contribution in [0.4, 0.5) is 11.9 Å². The number of carbonyl (C=O) groups excluding carboxylic acids is 7. The summed E-state index contributed by atoms with van der Waals surface area (Å²) in [6.45, 7) is 8.32. The van der Waals surface area contributed by atoms with Gasteiger partial charge in [0.2, 0.25) is 23.7 Å². The molecule has 368 valence electrons. The van der Waals surface area contributed by atoms with Crippen molar-refractivity contribution in [1.82, 2.24) is 38.7 Å². The van der Waals surface area contributed by atoms with E-state index in [1.165, 1.54) is 43.3 Å². The maximum absolute atomic E-state index is 13.8. The van der Waals surface area contributed by atoms with Crippen molar-refractivity contribution in [3.63, 3.8) is 0 Å². The molecule has 70 heavy (non-hydrogen) atoms. The molecule has 0 bridgehead atoms. The van der Waals surface area contributed by atoms with Gasteiger partial charge in [-0.25, -0.2) is 9.97 Å². The number of rotatable bonds is 21. The van der Waals surface area contributed by atoms with E-state index >= 15 is 0 Å². The number of benzene rings is 2. The van der Waals surface area contributed by atoms with Crippen LogP contribution in [0.3, 0.4) is 0 Å². The van der Waals surface area contributed by atoms with Crippen molar-refractivity contribution in [3.8, 4) is 11.5 Å². The number of aromatic nitrogens is 6. The molecular weight excluding hydrogens is 905 g/mol. The Labute approximate surface area is 402 Å². The summed E-state index contributed by atoms with van der Waals surface area (Å²) in [4.78, 5) is 101. The number of imidazole rings is 2. The molecule has 0 spiro atoms. The summed E-state index contributed by atoms with van der Waals surface area (Å²) < 4.78 is 22.8. The van der Waals surface area contributed by atoms with Gasteiger partial charge in [-0.1, -0.05) is 19.1 Å². The summed E-state index contributed by atoms with van der Waals surface area (Å²) in [6.07, 6.45) is 7.41. The maximum Gasteiger partial charge on any atom is 0.276 e. The van der Waals surface area contributed by atoms with Crippen molar-refractivity contribution in [2.75, 3.05) is 51.5 Å². The molecule has 0 aliphatic carbocycles. The highest BCUT2D eigenvalue weighted by atomic mass is 16.5. The van der Waals surface area contributed by atoms with Crippen LogP contribution in [0.15, 0.2) is 65.1 Å². The lowest BCUT2D eigenvalue weighted by molar-refractivity contribution is -0.138. The average molecular weight is 961 g/mol. The summed E-state index contributed by atoms with van der Waals surface area (Å²) in [6, 6.07) is 9.47. The molecule has 7 rings (SSSR count). The summed E-state index contributed by atoms with van der Waals surface area (Å²) in [5, 5.41) is 10.2. The summed E-state index contributed by atoms with van der Waals surface area (Å²) in [5.74, 6) is -0.878. The van der Waals surface area contributed by atoms with Gasteiger partial charge >= 0.3 is 0 Å². The lowest BCUT2D eigenvalue weighted by Gasteiger charge is -2.19. The molecule has 0 unspecified atom stereocenters. The number of aldehydes is 1. The van der Waals surface area contributed by atoms with Crippen LogP contribution in [0.25, 0.3) is 22.1 Å². The Morgan fingerprint density at radius 3 is 2.09 bits per heavy atom. The number of methoxy groups -OCH3 is 1. The fraction of sp³-hybridized carbons (Fsp3) is 0.333. The van der Waals surface area contributed by atoms with Crippen LogP contribution in [0.5, 0.6) is 11.5 Å². The van der Waals surface area contributed by atoms with Crippen LogP contribution in [0.2, 0.25) is 0 Å². The van der Waals surface area contributed by atoms with E-state index in [0.717, 1.165) is 4.90 Å². The topological polar surface area (TPSA) is 287 Å². The third-order valence-electron chi connectivity index (χ3n) is 11.2. The molecule has 5 heterocycles. The molecule has 1 aliphatic heterocycles. The molecule has 6 N–H and O–H groups in total. The number of ether oxygens (including phenoxy) is 2. The Morgan fingerprint density at radius 1 is 0.857 bits per heavy atom. The number of nitrogens with one attached hydrogen (secondary N) is 2. The number of hydrogen-bond acceptors (Lipinski definition) is 14. The van der Waals surface area contributed by atoms with E-state index in [1.54, 1.807) is 59.0 Å². The molecular formula is C48H56N12O10. The van der Waals surface area contributed by atoms with Gasteiger partial charge < -0.3 is 39.4 Å². The minimum Gasteiger partial charge on any atom is -0.494 e. The first-order valence-electron chi connectivity index (χ1n) is 22.4. The highest BCUT2D eigenvalue weighted by molar-refractivity contribution is 6.13. The molecule has 1 aliphatic rings. The number of hydrogen-bond donors (Lipinski definition) is 4. The van der Waals surface area contributed by atoms with E-state index < -0.39 is 29.5 Å². The zero-order valence-electron chi connectivity index (χ0n) is 40.0. The molecule has 22 nitrogen and oxygen atoms in total. The van der Waals surface area contributed by atoms with Gasteiger partial charge in [-0.3, -0.25) is 53.8 Å². The molecule has 6 amide bonds. The normalized spacial score (nSPS) is 12.2. The highest BCUT2D eigenvalue weighted by Crippen LogP contribution is 2.33. The fourth-order valence-electron chi connectivity index (χ4n) is 7.84. The first-order valence-corrected chi connectivity index (χ1v) is 22.4. The Kier molecular flexibility index (Phi) is 16.5. The van der Waals surface area contributed by atoms with Gasteiger partial charge in [0.25, 0.3) is 23.6 Å². The van der Waals surface area contributed by atoms with Crippen molar-refractivity contribution in [1.29, 1.82) is 0 Å². The van der Waals surface area contributed by atoms with Crippen molar-refractivity contribution >= 4 is 75.7 Å². The third-order valence-corrected chi connectivity index (χ3v) is 11.2. The first-order chi connectivity index (χ1) is 33.6. The van der Waals surface area contributed by atoms with E-state index in [1.807, 2.05) is 26.0 Å². The minimum absolute atomic E-state index is 0.0351. The lowest BCUT2D eigenvalue weighted by atomic mass is 10.1. The van der Waals surface area contributed by atoms with Gasteiger partial charge in [0, 0.05) is 75.9 Å². The Hall–Kier alpha value is -8.40. The number of nitrogens with two attached hydrogens (primary N) is 2. The van der Waals surface area contributed by atoms with Crippen molar-refractivity contribution < 1.29 is 47.5 Å². The zero-order valence-corrected chi connectivity index (χ0v) is 40.0. The second kappa shape index (κ2) is 22.6. The van der Waals surface area contributed by atoms with Gasteiger partial charge in [-0.2, -0.15) is 5.10 Å². The van der Waals surface area contributed by atoms with Crippen LogP contribution >= 0.6 is 0 Å². The molecule has 0 atom stereocenters. The minimum atomic E-state index is -0.691. The van der Waals surface area contributed by atoms with Gasteiger partial charge in [0.1, 0.15) is 46.0 Å². The molecule has 2 aromatic carbocycles. The second-order valence-electron chi connectivity index (χ2n) is 15.8. The number of anilines is 2. The number of imide groups is 1. The van der Waals surface area contributed by atoms with E-state index in [9.17, 15) is 33.6 Å². The van der Waals surface area contributed by atoms with E-state index in [0.29, 0.717) is 76.2 Å². The van der Waals surface area contributed by atoms with Crippen LogP contribution in [0.1, 0.15) is 85.5 Å². The molecule has 0 saturated heterocycles. The van der Waals surface area contributed by atoms with Crippen LogP contribution in [-0.4, -0.2) is 121 Å². The number of carbonyl (C=O) groups is 7. The fourth-order valence-corrected chi connectivity index (χ4v) is 7.84. The number of nitrogens with zero attached hydrogens (tertiary/aromatic N) is 8. The number of allylic oxidation sites excluding steroid dienone is 2. The zero-order chi connectivity index (χ0) is 50.8. The SMILES string of the molecule is CCc1oc(C)cc1C(=O)Nc1nc2cc(C=O)cc(OCCCN(C)C(=O)CCN3C(=O)C=CC3=O)c2n1C/C=C/Cn1c(NC(=O)c2cc(C)nn2CC)nc2cc(C(N)=O)cc(OC)c21.CN. The second-order valence-corrected chi connectivity index (χ2v) is 15.8.